The molecule has 0 saturated carbocycles. The Balaban J connectivity index is 1.91. The molecule has 25 heavy (non-hydrogen) atoms. The van der Waals surface area contributed by atoms with E-state index in [1.807, 2.05) is 13.0 Å². The van der Waals surface area contributed by atoms with Crippen LogP contribution in [0.1, 0.15) is 49.6 Å². The van der Waals surface area contributed by atoms with E-state index in [-0.39, 0.29) is 5.92 Å². The third kappa shape index (κ3) is 2.29. The minimum atomic E-state index is -0.247. The molecule has 2 aliphatic rings. The first-order valence-electron chi connectivity index (χ1n) is 8.67. The number of thiophene rings is 1. The number of aromatic nitrogens is 2. The maximum atomic E-state index is 9.90. The monoisotopic (exact) mass is 349 g/mol. The minimum Gasteiger partial charge on any atom is -0.347 e. The van der Waals surface area contributed by atoms with E-state index >= 15 is 0 Å². The molecule has 5 nitrogen and oxygen atoms in total. The standard InChI is InChI=1S/C19H19N5S/c1-3-14-19-15(23-22-14)8-17(25-19)18-12(9-20)11(2)24-7-5-4-6-16(24)13(18)10-21/h8,18H,3-7H2,1-2H3,(H,22,23). The summed E-state index contributed by atoms with van der Waals surface area (Å²) >= 11 is 1.66. The predicted octanol–water partition coefficient (Wildman–Crippen LogP) is 4.35. The van der Waals surface area contributed by atoms with Gasteiger partial charge in [-0.1, -0.05) is 6.92 Å². The molecule has 0 radical (unpaired) electrons. The molecule has 1 unspecified atom stereocenters. The second-order valence-corrected chi connectivity index (χ2v) is 7.63. The maximum absolute atomic E-state index is 9.90. The highest BCUT2D eigenvalue weighted by Crippen LogP contribution is 2.46. The lowest BCUT2D eigenvalue weighted by atomic mass is 9.82. The van der Waals surface area contributed by atoms with Crippen LogP contribution in [0.2, 0.25) is 0 Å². The Morgan fingerprint density at radius 2 is 2.12 bits per heavy atom. The highest BCUT2D eigenvalue weighted by atomic mass is 32.1. The van der Waals surface area contributed by atoms with Crippen molar-refractivity contribution in [1.82, 2.24) is 15.1 Å². The van der Waals surface area contributed by atoms with Crippen LogP contribution < -0.4 is 0 Å². The third-order valence-corrected chi connectivity index (χ3v) is 6.50. The van der Waals surface area contributed by atoms with E-state index in [1.165, 1.54) is 0 Å². The van der Waals surface area contributed by atoms with Crippen LogP contribution in [0.15, 0.2) is 28.6 Å². The fourth-order valence-corrected chi connectivity index (χ4v) is 5.25. The van der Waals surface area contributed by atoms with Gasteiger partial charge in [0.15, 0.2) is 0 Å². The Labute approximate surface area is 150 Å². The van der Waals surface area contributed by atoms with Crippen LogP contribution in [0.25, 0.3) is 10.2 Å². The summed E-state index contributed by atoms with van der Waals surface area (Å²) in [6, 6.07) is 6.87. The zero-order valence-corrected chi connectivity index (χ0v) is 15.2. The second-order valence-electron chi connectivity index (χ2n) is 6.54. The molecule has 1 atom stereocenters. The van der Waals surface area contributed by atoms with Crippen molar-refractivity contribution >= 4 is 21.6 Å². The second kappa shape index (κ2) is 6.06. The topological polar surface area (TPSA) is 79.5 Å². The van der Waals surface area contributed by atoms with Crippen LogP contribution in [-0.2, 0) is 6.42 Å². The number of rotatable bonds is 2. The van der Waals surface area contributed by atoms with Crippen molar-refractivity contribution in [3.05, 3.63) is 39.2 Å². The molecule has 0 bridgehead atoms. The number of piperidine rings is 1. The number of aryl methyl sites for hydroxylation is 1. The van der Waals surface area contributed by atoms with Gasteiger partial charge in [0.2, 0.25) is 0 Å². The SMILES string of the molecule is CCc1[nH]nc2cc(C3C(C#N)=C(C)N4CCCCC4=C3C#N)sc12. The number of hydrogen-bond donors (Lipinski definition) is 1. The Morgan fingerprint density at radius 1 is 1.32 bits per heavy atom. The summed E-state index contributed by atoms with van der Waals surface area (Å²) in [5.74, 6) is -0.247. The number of fused-ring (bicyclic) bond motifs is 2. The predicted molar refractivity (Wildman–Crippen MR) is 97.6 cm³/mol. The van der Waals surface area contributed by atoms with E-state index < -0.39 is 0 Å². The van der Waals surface area contributed by atoms with Crippen molar-refractivity contribution in [2.75, 3.05) is 6.54 Å². The van der Waals surface area contributed by atoms with Crippen molar-refractivity contribution < 1.29 is 0 Å². The average Bonchev–Trinajstić information content (AvgIpc) is 3.21. The molecule has 0 spiro atoms. The number of allylic oxidation sites excluding steroid dienone is 4. The maximum Gasteiger partial charge on any atom is 0.103 e. The van der Waals surface area contributed by atoms with Gasteiger partial charge in [-0.05, 0) is 38.7 Å². The van der Waals surface area contributed by atoms with Crippen LogP contribution in [0, 0.1) is 22.7 Å². The third-order valence-electron chi connectivity index (χ3n) is 5.25. The van der Waals surface area contributed by atoms with Gasteiger partial charge in [0, 0.05) is 22.8 Å². The lowest BCUT2D eigenvalue weighted by Gasteiger charge is -2.39. The lowest BCUT2D eigenvalue weighted by molar-refractivity contribution is 0.337. The van der Waals surface area contributed by atoms with E-state index in [0.29, 0.717) is 5.57 Å². The van der Waals surface area contributed by atoms with Crippen LogP contribution in [0.4, 0.5) is 0 Å². The van der Waals surface area contributed by atoms with E-state index in [4.69, 9.17) is 0 Å². The van der Waals surface area contributed by atoms with Crippen molar-refractivity contribution in [2.45, 2.75) is 45.4 Å². The smallest absolute Gasteiger partial charge is 0.103 e. The molecule has 4 heterocycles. The number of nitriles is 2. The Kier molecular flexibility index (Phi) is 3.86. The van der Waals surface area contributed by atoms with Gasteiger partial charge in [-0.3, -0.25) is 5.10 Å². The summed E-state index contributed by atoms with van der Waals surface area (Å²) < 4.78 is 1.14. The van der Waals surface area contributed by atoms with E-state index in [9.17, 15) is 10.5 Å². The molecular formula is C19H19N5S. The molecule has 1 N–H and O–H groups in total. The molecule has 4 rings (SSSR count). The lowest BCUT2D eigenvalue weighted by Crippen LogP contribution is -2.33. The van der Waals surface area contributed by atoms with Crippen LogP contribution in [-0.4, -0.2) is 21.6 Å². The Morgan fingerprint density at radius 3 is 2.84 bits per heavy atom. The van der Waals surface area contributed by atoms with Crippen molar-refractivity contribution in [3.63, 3.8) is 0 Å². The number of H-pyrrole nitrogens is 1. The fourth-order valence-electron chi connectivity index (χ4n) is 3.97. The first-order chi connectivity index (χ1) is 12.2. The van der Waals surface area contributed by atoms with Gasteiger partial charge in [0.25, 0.3) is 0 Å². The van der Waals surface area contributed by atoms with Gasteiger partial charge in [0.1, 0.15) is 5.52 Å². The average molecular weight is 349 g/mol. The molecule has 2 aromatic rings. The molecule has 1 saturated heterocycles. The molecule has 2 aliphatic heterocycles. The Bertz CT molecular complexity index is 991. The normalized spacial score (nSPS) is 20.6. The van der Waals surface area contributed by atoms with Gasteiger partial charge in [-0.15, -0.1) is 11.3 Å². The molecule has 0 amide bonds. The van der Waals surface area contributed by atoms with Gasteiger partial charge in [-0.2, -0.15) is 15.6 Å². The molecule has 126 valence electrons. The van der Waals surface area contributed by atoms with Gasteiger partial charge >= 0.3 is 0 Å². The number of nitrogens with one attached hydrogen (secondary N) is 1. The van der Waals surface area contributed by atoms with Gasteiger partial charge in [-0.25, -0.2) is 0 Å². The van der Waals surface area contributed by atoms with Crippen molar-refractivity contribution in [3.8, 4) is 12.1 Å². The summed E-state index contributed by atoms with van der Waals surface area (Å²) in [5.41, 5.74) is 5.61. The van der Waals surface area contributed by atoms with Crippen LogP contribution in [0.5, 0.6) is 0 Å². The zero-order valence-electron chi connectivity index (χ0n) is 14.4. The van der Waals surface area contributed by atoms with Crippen LogP contribution >= 0.6 is 11.3 Å². The van der Waals surface area contributed by atoms with Crippen molar-refractivity contribution in [2.24, 2.45) is 0 Å². The summed E-state index contributed by atoms with van der Waals surface area (Å²) in [7, 11) is 0. The fraction of sp³-hybridized carbons (Fsp3) is 0.421. The van der Waals surface area contributed by atoms with Crippen molar-refractivity contribution in [1.29, 1.82) is 10.5 Å². The first kappa shape index (κ1) is 15.9. The largest absolute Gasteiger partial charge is 0.347 e. The van der Waals surface area contributed by atoms with E-state index in [2.05, 4.69) is 34.2 Å². The van der Waals surface area contributed by atoms with Gasteiger partial charge in [0.05, 0.1) is 39.6 Å². The van der Waals surface area contributed by atoms with E-state index in [1.54, 1.807) is 11.3 Å². The summed E-state index contributed by atoms with van der Waals surface area (Å²) in [5, 5.41) is 27.2. The summed E-state index contributed by atoms with van der Waals surface area (Å²) in [6.07, 6.45) is 4.02. The molecule has 1 fully saturated rings. The van der Waals surface area contributed by atoms with E-state index in [0.717, 1.165) is 70.0 Å². The van der Waals surface area contributed by atoms with Gasteiger partial charge < -0.3 is 4.90 Å². The number of hydrogen-bond acceptors (Lipinski definition) is 5. The number of nitrogens with zero attached hydrogens (tertiary/aromatic N) is 4. The quantitative estimate of drug-likeness (QED) is 0.874. The molecule has 0 aliphatic carbocycles. The molecule has 0 aromatic carbocycles. The summed E-state index contributed by atoms with van der Waals surface area (Å²) in [6.45, 7) is 5.01. The zero-order chi connectivity index (χ0) is 17.6. The highest BCUT2D eigenvalue weighted by molar-refractivity contribution is 7.19. The van der Waals surface area contributed by atoms with Crippen LogP contribution in [0.3, 0.4) is 0 Å². The molecule has 2 aromatic heterocycles. The molecular weight excluding hydrogens is 330 g/mol. The Hall–Kier alpha value is -2.57. The minimum absolute atomic E-state index is 0.247. The highest BCUT2D eigenvalue weighted by Gasteiger charge is 2.36. The number of aromatic amines is 1. The summed E-state index contributed by atoms with van der Waals surface area (Å²) in [4.78, 5) is 3.24. The first-order valence-corrected chi connectivity index (χ1v) is 9.49. The molecule has 6 heteroatoms.